The van der Waals surface area contributed by atoms with Crippen LogP contribution in [-0.4, -0.2) is 35.7 Å². The smallest absolute Gasteiger partial charge is 0.191 e. The maximum Gasteiger partial charge on any atom is 0.191 e. The molecule has 0 aliphatic rings. The Morgan fingerprint density at radius 1 is 1.25 bits per heavy atom. The zero-order chi connectivity index (χ0) is 19.3. The molecular formula is C21H29IN4OS. The number of nitrogens with one attached hydrogen (secondary N) is 3. The number of nitrogens with zero attached hydrogens (tertiary/aromatic N) is 1. The van der Waals surface area contributed by atoms with Crippen LogP contribution in [0.2, 0.25) is 0 Å². The van der Waals surface area contributed by atoms with E-state index in [-0.39, 0.29) is 24.0 Å². The number of aliphatic imine (C=N–C) groups is 1. The molecule has 3 aromatic rings. The number of aliphatic hydroxyl groups is 1. The number of benzene rings is 1. The number of rotatable bonds is 7. The molecule has 2 heterocycles. The summed E-state index contributed by atoms with van der Waals surface area (Å²) in [5.74, 6) is 0.727. The number of fused-ring (bicyclic) bond motifs is 1. The number of hydrogen-bond acceptors (Lipinski definition) is 3. The molecule has 5 nitrogen and oxygen atoms in total. The Hall–Kier alpha value is -1.58. The molecule has 0 saturated carbocycles. The van der Waals surface area contributed by atoms with E-state index in [9.17, 15) is 5.11 Å². The third-order valence-electron chi connectivity index (χ3n) is 4.73. The van der Waals surface area contributed by atoms with Crippen LogP contribution in [0.4, 0.5) is 0 Å². The third-order valence-corrected chi connectivity index (χ3v) is 5.41. The Morgan fingerprint density at radius 3 is 2.75 bits per heavy atom. The third kappa shape index (κ3) is 5.48. The first-order valence-corrected chi connectivity index (χ1v) is 10.3. The van der Waals surface area contributed by atoms with E-state index in [0.29, 0.717) is 6.54 Å². The van der Waals surface area contributed by atoms with Crippen LogP contribution in [0.1, 0.15) is 30.7 Å². The fourth-order valence-corrected chi connectivity index (χ4v) is 3.98. The lowest BCUT2D eigenvalue weighted by atomic mass is 10.00. The van der Waals surface area contributed by atoms with Crippen molar-refractivity contribution in [2.24, 2.45) is 4.99 Å². The molecule has 4 N–H and O–H groups in total. The second kappa shape index (κ2) is 10.3. The zero-order valence-corrected chi connectivity index (χ0v) is 19.7. The first-order chi connectivity index (χ1) is 13.0. The summed E-state index contributed by atoms with van der Waals surface area (Å²) in [7, 11) is 0. The first kappa shape index (κ1) is 22.7. The van der Waals surface area contributed by atoms with Gasteiger partial charge in [-0.15, -0.1) is 24.0 Å². The van der Waals surface area contributed by atoms with Crippen molar-refractivity contribution in [1.82, 2.24) is 15.6 Å². The van der Waals surface area contributed by atoms with E-state index in [1.54, 1.807) is 18.3 Å². The number of aromatic amines is 1. The van der Waals surface area contributed by atoms with E-state index >= 15 is 0 Å². The van der Waals surface area contributed by atoms with E-state index in [2.05, 4.69) is 51.8 Å². The predicted molar refractivity (Wildman–Crippen MR) is 130 cm³/mol. The minimum absolute atomic E-state index is 0. The number of thiophene rings is 1. The summed E-state index contributed by atoms with van der Waals surface area (Å²) in [6.07, 6.45) is 0.904. The van der Waals surface area contributed by atoms with E-state index in [1.165, 1.54) is 22.2 Å². The molecule has 0 fully saturated rings. The van der Waals surface area contributed by atoms with Gasteiger partial charge in [-0.05, 0) is 61.2 Å². The lowest BCUT2D eigenvalue weighted by molar-refractivity contribution is 0.0677. The van der Waals surface area contributed by atoms with Crippen molar-refractivity contribution in [3.63, 3.8) is 0 Å². The van der Waals surface area contributed by atoms with Crippen molar-refractivity contribution < 1.29 is 5.11 Å². The van der Waals surface area contributed by atoms with E-state index in [4.69, 9.17) is 0 Å². The number of halogens is 1. The average molecular weight is 512 g/mol. The number of hydrogen-bond donors (Lipinski definition) is 4. The van der Waals surface area contributed by atoms with Crippen molar-refractivity contribution in [3.8, 4) is 0 Å². The zero-order valence-electron chi connectivity index (χ0n) is 16.6. The summed E-state index contributed by atoms with van der Waals surface area (Å²) in [5.41, 5.74) is 3.66. The van der Waals surface area contributed by atoms with Crippen molar-refractivity contribution in [2.75, 3.05) is 19.6 Å². The Morgan fingerprint density at radius 2 is 2.04 bits per heavy atom. The molecule has 0 spiro atoms. The molecule has 28 heavy (non-hydrogen) atoms. The molecule has 0 radical (unpaired) electrons. The van der Waals surface area contributed by atoms with Crippen LogP contribution in [0.5, 0.6) is 0 Å². The molecule has 1 atom stereocenters. The Balaban J connectivity index is 0.00000280. The van der Waals surface area contributed by atoms with Gasteiger partial charge in [0.25, 0.3) is 0 Å². The number of guanidine groups is 1. The van der Waals surface area contributed by atoms with Crippen molar-refractivity contribution >= 4 is 52.2 Å². The van der Waals surface area contributed by atoms with Crippen LogP contribution in [-0.2, 0) is 12.0 Å². The largest absolute Gasteiger partial charge is 0.383 e. The highest BCUT2D eigenvalue weighted by atomic mass is 127. The van der Waals surface area contributed by atoms with Gasteiger partial charge in [-0.25, -0.2) is 4.99 Å². The number of aryl methyl sites for hydroxylation is 1. The summed E-state index contributed by atoms with van der Waals surface area (Å²) < 4.78 is 0. The molecule has 2 aromatic heterocycles. The summed E-state index contributed by atoms with van der Waals surface area (Å²) in [5, 5.41) is 22.5. The summed E-state index contributed by atoms with van der Waals surface area (Å²) in [6, 6.07) is 10.3. The maximum absolute atomic E-state index is 10.7. The fraction of sp³-hybridized carbons (Fsp3) is 0.381. The molecule has 152 valence electrons. The van der Waals surface area contributed by atoms with Gasteiger partial charge in [0.15, 0.2) is 5.96 Å². The molecule has 3 rings (SSSR count). The number of aromatic nitrogens is 1. The van der Waals surface area contributed by atoms with E-state index in [0.717, 1.165) is 31.0 Å². The Kier molecular flexibility index (Phi) is 8.33. The van der Waals surface area contributed by atoms with Crippen LogP contribution in [0.3, 0.4) is 0 Å². The van der Waals surface area contributed by atoms with Crippen LogP contribution < -0.4 is 10.6 Å². The summed E-state index contributed by atoms with van der Waals surface area (Å²) >= 11 is 1.58. The molecule has 0 aliphatic heterocycles. The van der Waals surface area contributed by atoms with Crippen LogP contribution in [0.25, 0.3) is 10.9 Å². The lowest BCUT2D eigenvalue weighted by Crippen LogP contribution is -2.39. The van der Waals surface area contributed by atoms with Gasteiger partial charge in [0.1, 0.15) is 5.60 Å². The van der Waals surface area contributed by atoms with Gasteiger partial charge in [-0.3, -0.25) is 0 Å². The molecule has 1 aromatic carbocycles. The lowest BCUT2D eigenvalue weighted by Gasteiger charge is -2.21. The standard InChI is InChI=1S/C21H28N4OS.HI/c1-4-22-20(24-14-21(3,26)16-10-12-27-13-16)23-11-9-17-15(2)25-19-8-6-5-7-18(17)19;/h5-8,10,12-13,25-26H,4,9,11,14H2,1-3H3,(H2,22,23,24);1H. The van der Waals surface area contributed by atoms with Gasteiger partial charge in [-0.2, -0.15) is 11.3 Å². The minimum atomic E-state index is -0.963. The summed E-state index contributed by atoms with van der Waals surface area (Å²) in [6.45, 7) is 7.82. The SMILES string of the molecule is CCNC(=NCC(C)(O)c1ccsc1)NCCc1c(C)[nH]c2ccccc12.I. The topological polar surface area (TPSA) is 72.4 Å². The van der Waals surface area contributed by atoms with Gasteiger partial charge in [0, 0.05) is 29.7 Å². The van der Waals surface area contributed by atoms with Gasteiger partial charge in [0.05, 0.1) is 6.54 Å². The predicted octanol–water partition coefficient (Wildman–Crippen LogP) is 4.16. The van der Waals surface area contributed by atoms with Crippen molar-refractivity contribution in [3.05, 3.63) is 57.9 Å². The van der Waals surface area contributed by atoms with Crippen LogP contribution in [0.15, 0.2) is 46.1 Å². The maximum atomic E-state index is 10.7. The van der Waals surface area contributed by atoms with E-state index in [1.807, 2.05) is 23.8 Å². The van der Waals surface area contributed by atoms with Crippen molar-refractivity contribution in [1.29, 1.82) is 0 Å². The fourth-order valence-electron chi connectivity index (χ4n) is 3.20. The second-order valence-corrected chi connectivity index (χ2v) is 7.71. The molecule has 0 saturated heterocycles. The van der Waals surface area contributed by atoms with Gasteiger partial charge in [0.2, 0.25) is 0 Å². The van der Waals surface area contributed by atoms with Crippen LogP contribution in [0, 0.1) is 6.92 Å². The molecule has 0 amide bonds. The van der Waals surface area contributed by atoms with Gasteiger partial charge >= 0.3 is 0 Å². The van der Waals surface area contributed by atoms with E-state index < -0.39 is 5.60 Å². The van der Waals surface area contributed by atoms with Gasteiger partial charge < -0.3 is 20.7 Å². The molecule has 7 heteroatoms. The highest BCUT2D eigenvalue weighted by molar-refractivity contribution is 14.0. The molecule has 1 unspecified atom stereocenters. The molecular weight excluding hydrogens is 483 g/mol. The Bertz CT molecular complexity index is 902. The molecule has 0 aliphatic carbocycles. The minimum Gasteiger partial charge on any atom is -0.383 e. The Labute approximate surface area is 187 Å². The number of para-hydroxylation sites is 1. The normalized spacial score (nSPS) is 13.8. The first-order valence-electron chi connectivity index (χ1n) is 9.34. The van der Waals surface area contributed by atoms with Crippen molar-refractivity contribution in [2.45, 2.75) is 32.8 Å². The number of H-pyrrole nitrogens is 1. The summed E-state index contributed by atoms with van der Waals surface area (Å²) in [4.78, 5) is 8.03. The molecule has 0 bridgehead atoms. The highest BCUT2D eigenvalue weighted by Crippen LogP contribution is 2.23. The quantitative estimate of drug-likeness (QED) is 0.218. The average Bonchev–Trinajstić information content (AvgIpc) is 3.29. The monoisotopic (exact) mass is 512 g/mol. The van der Waals surface area contributed by atoms with Gasteiger partial charge in [-0.1, -0.05) is 18.2 Å². The highest BCUT2D eigenvalue weighted by Gasteiger charge is 2.23. The van der Waals surface area contributed by atoms with Crippen LogP contribution >= 0.6 is 35.3 Å². The second-order valence-electron chi connectivity index (χ2n) is 6.93.